The van der Waals surface area contributed by atoms with Crippen LogP contribution in [0.3, 0.4) is 0 Å². The van der Waals surface area contributed by atoms with Crippen LogP contribution in [0.4, 0.5) is 4.39 Å². The average Bonchev–Trinajstić information content (AvgIpc) is 2.95. The van der Waals surface area contributed by atoms with Gasteiger partial charge in [0.2, 0.25) is 0 Å². The summed E-state index contributed by atoms with van der Waals surface area (Å²) in [6.45, 7) is -0.152. The van der Waals surface area contributed by atoms with Gasteiger partial charge in [0.1, 0.15) is 23.2 Å². The Labute approximate surface area is 144 Å². The van der Waals surface area contributed by atoms with Crippen LogP contribution in [-0.4, -0.2) is 17.6 Å². The second-order valence-electron chi connectivity index (χ2n) is 4.60. The molecule has 7 heteroatoms. The molecule has 23 heavy (non-hydrogen) atoms. The SMILES string of the molecule is O=C(COc1ccc(F)cc1Br)OCc1nc2ccccc2s1. The van der Waals surface area contributed by atoms with Gasteiger partial charge in [0.15, 0.2) is 6.61 Å². The standard InChI is InChI=1S/C16H11BrFNO3S/c17-11-7-10(18)5-6-13(11)21-9-16(20)22-8-15-19-12-3-1-2-4-14(12)23-15/h1-7H,8-9H2. The van der Waals surface area contributed by atoms with E-state index in [2.05, 4.69) is 20.9 Å². The summed E-state index contributed by atoms with van der Waals surface area (Å²) in [6.07, 6.45) is 0. The molecule has 0 aliphatic carbocycles. The number of ether oxygens (including phenoxy) is 2. The molecule has 0 unspecified atom stereocenters. The van der Waals surface area contributed by atoms with Gasteiger partial charge in [-0.2, -0.15) is 0 Å². The molecule has 3 aromatic rings. The van der Waals surface area contributed by atoms with Gasteiger partial charge in [-0.25, -0.2) is 14.2 Å². The zero-order valence-corrected chi connectivity index (χ0v) is 14.2. The van der Waals surface area contributed by atoms with Gasteiger partial charge in [0.25, 0.3) is 0 Å². The summed E-state index contributed by atoms with van der Waals surface area (Å²) in [7, 11) is 0. The number of esters is 1. The van der Waals surface area contributed by atoms with Gasteiger partial charge in [-0.3, -0.25) is 0 Å². The number of nitrogens with zero attached hydrogens (tertiary/aromatic N) is 1. The third kappa shape index (κ3) is 4.05. The highest BCUT2D eigenvalue weighted by atomic mass is 79.9. The van der Waals surface area contributed by atoms with E-state index in [0.29, 0.717) is 10.2 Å². The van der Waals surface area contributed by atoms with Crippen LogP contribution in [-0.2, 0) is 16.1 Å². The first-order valence-electron chi connectivity index (χ1n) is 6.70. The lowest BCUT2D eigenvalue weighted by Crippen LogP contribution is -2.14. The summed E-state index contributed by atoms with van der Waals surface area (Å²) < 4.78 is 24.9. The lowest BCUT2D eigenvalue weighted by Gasteiger charge is -2.07. The fourth-order valence-electron chi connectivity index (χ4n) is 1.89. The molecular formula is C16H11BrFNO3S. The van der Waals surface area contributed by atoms with E-state index < -0.39 is 5.97 Å². The minimum atomic E-state index is -0.513. The molecule has 0 bridgehead atoms. The van der Waals surface area contributed by atoms with E-state index in [-0.39, 0.29) is 19.0 Å². The second kappa shape index (κ2) is 7.06. The van der Waals surface area contributed by atoms with E-state index >= 15 is 0 Å². The number of fused-ring (bicyclic) bond motifs is 1. The summed E-state index contributed by atoms with van der Waals surface area (Å²) in [6, 6.07) is 11.7. The monoisotopic (exact) mass is 395 g/mol. The van der Waals surface area contributed by atoms with E-state index in [1.807, 2.05) is 24.3 Å². The summed E-state index contributed by atoms with van der Waals surface area (Å²) in [5.74, 6) is -0.522. The molecule has 2 aromatic carbocycles. The van der Waals surface area contributed by atoms with Crippen LogP contribution >= 0.6 is 27.3 Å². The molecule has 3 rings (SSSR count). The first kappa shape index (κ1) is 15.9. The molecular weight excluding hydrogens is 385 g/mol. The van der Waals surface area contributed by atoms with Crippen LogP contribution < -0.4 is 4.74 Å². The van der Waals surface area contributed by atoms with Crippen LogP contribution in [0.5, 0.6) is 5.75 Å². The molecule has 0 atom stereocenters. The molecule has 0 amide bonds. The molecule has 0 saturated heterocycles. The smallest absolute Gasteiger partial charge is 0.344 e. The minimum absolute atomic E-state index is 0.103. The molecule has 0 spiro atoms. The van der Waals surface area contributed by atoms with Crippen LogP contribution in [0.25, 0.3) is 10.2 Å². The van der Waals surface area contributed by atoms with Gasteiger partial charge in [-0.15, -0.1) is 11.3 Å². The first-order chi connectivity index (χ1) is 11.1. The number of carbonyl (C=O) groups is 1. The summed E-state index contributed by atoms with van der Waals surface area (Å²) in [5, 5.41) is 0.725. The number of aromatic nitrogens is 1. The Hall–Kier alpha value is -1.99. The summed E-state index contributed by atoms with van der Waals surface area (Å²) in [5.41, 5.74) is 0.884. The average molecular weight is 396 g/mol. The van der Waals surface area contributed by atoms with Crippen molar-refractivity contribution in [3.8, 4) is 5.75 Å². The van der Waals surface area contributed by atoms with Crippen molar-refractivity contribution in [1.82, 2.24) is 4.98 Å². The van der Waals surface area contributed by atoms with Crippen molar-refractivity contribution in [1.29, 1.82) is 0 Å². The summed E-state index contributed by atoms with van der Waals surface area (Å²) in [4.78, 5) is 16.1. The van der Waals surface area contributed by atoms with E-state index in [4.69, 9.17) is 9.47 Å². The van der Waals surface area contributed by atoms with Crippen LogP contribution in [0.2, 0.25) is 0 Å². The van der Waals surface area contributed by atoms with Crippen molar-refractivity contribution in [2.75, 3.05) is 6.61 Å². The third-order valence-electron chi connectivity index (χ3n) is 2.93. The van der Waals surface area contributed by atoms with Crippen molar-refractivity contribution in [3.05, 3.63) is 57.8 Å². The second-order valence-corrected chi connectivity index (χ2v) is 6.57. The molecule has 0 saturated carbocycles. The zero-order valence-electron chi connectivity index (χ0n) is 11.8. The minimum Gasteiger partial charge on any atom is -0.481 e. The Morgan fingerprint density at radius 2 is 2.09 bits per heavy atom. The lowest BCUT2D eigenvalue weighted by molar-refractivity contribution is -0.147. The third-order valence-corrected chi connectivity index (χ3v) is 4.56. The number of rotatable bonds is 5. The van der Waals surface area contributed by atoms with Gasteiger partial charge >= 0.3 is 5.97 Å². The van der Waals surface area contributed by atoms with E-state index in [9.17, 15) is 9.18 Å². The fraction of sp³-hybridized carbons (Fsp3) is 0.125. The first-order valence-corrected chi connectivity index (χ1v) is 8.31. The number of halogens is 2. The fourth-order valence-corrected chi connectivity index (χ4v) is 3.24. The van der Waals surface area contributed by atoms with Crippen molar-refractivity contribution >= 4 is 43.5 Å². The van der Waals surface area contributed by atoms with Crippen LogP contribution in [0, 0.1) is 5.82 Å². The Balaban J connectivity index is 1.53. The largest absolute Gasteiger partial charge is 0.481 e. The molecule has 0 radical (unpaired) electrons. The van der Waals surface area contributed by atoms with E-state index in [1.54, 1.807) is 0 Å². The van der Waals surface area contributed by atoms with Crippen molar-refractivity contribution < 1.29 is 18.7 Å². The molecule has 0 aliphatic rings. The predicted octanol–water partition coefficient (Wildman–Crippen LogP) is 4.32. The van der Waals surface area contributed by atoms with Crippen molar-refractivity contribution in [2.24, 2.45) is 0 Å². The molecule has 0 aliphatic heterocycles. The van der Waals surface area contributed by atoms with Crippen molar-refractivity contribution in [3.63, 3.8) is 0 Å². The van der Waals surface area contributed by atoms with E-state index in [0.717, 1.165) is 15.2 Å². The molecule has 0 fully saturated rings. The number of thiazole rings is 1. The molecule has 1 heterocycles. The highest BCUT2D eigenvalue weighted by Crippen LogP contribution is 2.25. The number of benzene rings is 2. The van der Waals surface area contributed by atoms with Crippen molar-refractivity contribution in [2.45, 2.75) is 6.61 Å². The lowest BCUT2D eigenvalue weighted by atomic mass is 10.3. The van der Waals surface area contributed by atoms with Crippen LogP contribution in [0.1, 0.15) is 5.01 Å². The maximum atomic E-state index is 13.0. The Kier molecular flexibility index (Phi) is 4.88. The van der Waals surface area contributed by atoms with Gasteiger partial charge < -0.3 is 9.47 Å². The highest BCUT2D eigenvalue weighted by molar-refractivity contribution is 9.10. The number of carbonyl (C=O) groups excluding carboxylic acids is 1. The predicted molar refractivity (Wildman–Crippen MR) is 89.0 cm³/mol. The Morgan fingerprint density at radius 3 is 2.87 bits per heavy atom. The maximum absolute atomic E-state index is 13.0. The summed E-state index contributed by atoms with van der Waals surface area (Å²) >= 11 is 4.65. The number of para-hydroxylation sites is 1. The quantitative estimate of drug-likeness (QED) is 0.603. The Morgan fingerprint density at radius 1 is 1.26 bits per heavy atom. The maximum Gasteiger partial charge on any atom is 0.344 e. The van der Waals surface area contributed by atoms with Gasteiger partial charge in [0.05, 0.1) is 14.7 Å². The van der Waals surface area contributed by atoms with Gasteiger partial charge in [-0.1, -0.05) is 12.1 Å². The molecule has 4 nitrogen and oxygen atoms in total. The molecule has 1 aromatic heterocycles. The van der Waals surface area contributed by atoms with E-state index in [1.165, 1.54) is 29.5 Å². The normalized spacial score (nSPS) is 10.7. The van der Waals surface area contributed by atoms with Gasteiger partial charge in [0, 0.05) is 0 Å². The molecule has 118 valence electrons. The molecule has 0 N–H and O–H groups in total. The Bertz CT molecular complexity index is 819. The van der Waals surface area contributed by atoms with Crippen LogP contribution in [0.15, 0.2) is 46.9 Å². The number of hydrogen-bond donors (Lipinski definition) is 0. The highest BCUT2D eigenvalue weighted by Gasteiger charge is 2.10. The topological polar surface area (TPSA) is 48.4 Å². The number of hydrogen-bond acceptors (Lipinski definition) is 5. The zero-order chi connectivity index (χ0) is 16.2. The van der Waals surface area contributed by atoms with Gasteiger partial charge in [-0.05, 0) is 46.3 Å².